The highest BCUT2D eigenvalue weighted by Gasteiger charge is 2.37. The maximum Gasteiger partial charge on any atom is 0.243 e. The Hall–Kier alpha value is -6.66. The first-order valence-electron chi connectivity index (χ1n) is 30.5. The second-order valence-electron chi connectivity index (χ2n) is 23.6. The standard InChI is InChI=1S/C55H107N23O14/c1-55(2,3)47(78-54(92)39(77-53(91)38(76-51(89)33(71)25-63)8-13-43(82)29(67)21-59)9-15-45(84)35(73-49(87)31(69)23-61)5-11-41(80)27(65)19-57)17-16-46(85)36(74-52(90)37(75-50(88)32(70)24-62)7-12-42(81)28(66)20-58)6-14-44(83)34(72-48(86)30(68)22-60)4-10-40(79)26(64)18-56/h26-39,47H,4-25,56-71H2,1-3H3,(H,72,86)(H,73,87)(H,74,90)(H,75,88)(H,76,89)(H,77,91)(H,78,92). The lowest BCUT2D eigenvalue weighted by atomic mass is 9.82. The van der Waals surface area contributed by atoms with Crippen molar-refractivity contribution < 1.29 is 67.1 Å². The maximum atomic E-state index is 14.8. The summed E-state index contributed by atoms with van der Waals surface area (Å²) in [6.45, 7) is 2.60. The Morgan fingerprint density at radius 2 is 0.413 bits per heavy atom. The Balaban J connectivity index is 7.83. The summed E-state index contributed by atoms with van der Waals surface area (Å²) < 4.78 is 0. The molecule has 0 aromatic rings. The first kappa shape index (κ1) is 85.3. The molecule has 526 valence electrons. The summed E-state index contributed by atoms with van der Waals surface area (Å²) in [7, 11) is 0. The average molecular weight is 1310 g/mol. The average Bonchev–Trinajstić information content (AvgIpc) is 1.07. The van der Waals surface area contributed by atoms with Crippen LogP contribution in [0, 0.1) is 5.41 Å². The molecule has 0 aromatic carbocycles. The maximum absolute atomic E-state index is 14.8. The molecule has 0 bridgehead atoms. The zero-order valence-electron chi connectivity index (χ0n) is 53.2. The summed E-state index contributed by atoms with van der Waals surface area (Å²) in [6, 6.07) is -20.2. The third-order valence-electron chi connectivity index (χ3n) is 15.2. The molecule has 0 fully saturated rings. The molecular formula is C55H107N23O14. The van der Waals surface area contributed by atoms with Crippen LogP contribution in [-0.4, -0.2) is 225 Å². The van der Waals surface area contributed by atoms with Crippen LogP contribution in [0.4, 0.5) is 0 Å². The Morgan fingerprint density at radius 3 is 0.641 bits per heavy atom. The van der Waals surface area contributed by atoms with E-state index in [0.29, 0.717) is 0 Å². The van der Waals surface area contributed by atoms with Gasteiger partial charge in [-0.1, -0.05) is 20.8 Å². The third-order valence-corrected chi connectivity index (χ3v) is 15.2. The molecule has 0 heterocycles. The number of carbonyl (C=O) groups is 14. The van der Waals surface area contributed by atoms with E-state index in [1.54, 1.807) is 20.8 Å². The lowest BCUT2D eigenvalue weighted by molar-refractivity contribution is -0.134. The molecule has 0 aliphatic rings. The van der Waals surface area contributed by atoms with E-state index in [1.165, 1.54) is 0 Å². The van der Waals surface area contributed by atoms with Gasteiger partial charge in [-0.05, 0) is 50.4 Å². The van der Waals surface area contributed by atoms with Gasteiger partial charge in [0.2, 0.25) is 41.4 Å². The normalized spacial score (nSPS) is 16.5. The van der Waals surface area contributed by atoms with Crippen molar-refractivity contribution >= 4 is 81.8 Å². The first-order valence-corrected chi connectivity index (χ1v) is 30.5. The van der Waals surface area contributed by atoms with Gasteiger partial charge in [-0.15, -0.1) is 0 Å². The van der Waals surface area contributed by atoms with E-state index in [4.69, 9.17) is 91.7 Å². The zero-order valence-corrected chi connectivity index (χ0v) is 53.2. The van der Waals surface area contributed by atoms with E-state index < -0.39 is 236 Å². The van der Waals surface area contributed by atoms with Crippen LogP contribution in [0.5, 0.6) is 0 Å². The molecule has 92 heavy (non-hydrogen) atoms. The topological polar surface area (TPSA) is 740 Å². The van der Waals surface area contributed by atoms with Crippen molar-refractivity contribution in [1.29, 1.82) is 0 Å². The summed E-state index contributed by atoms with van der Waals surface area (Å²) in [5, 5.41) is 17.6. The smallest absolute Gasteiger partial charge is 0.243 e. The number of rotatable bonds is 50. The fourth-order valence-electron chi connectivity index (χ4n) is 8.63. The molecule has 0 aliphatic heterocycles. The van der Waals surface area contributed by atoms with E-state index in [-0.39, 0.29) is 84.5 Å². The highest BCUT2D eigenvalue weighted by molar-refractivity contribution is 5.98. The van der Waals surface area contributed by atoms with Crippen molar-refractivity contribution in [2.24, 2.45) is 97.2 Å². The second-order valence-corrected chi connectivity index (χ2v) is 23.6. The molecule has 0 aliphatic carbocycles. The van der Waals surface area contributed by atoms with Crippen LogP contribution in [0.25, 0.3) is 0 Å². The predicted molar refractivity (Wildman–Crippen MR) is 339 cm³/mol. The van der Waals surface area contributed by atoms with Crippen molar-refractivity contribution in [3.63, 3.8) is 0 Å². The van der Waals surface area contributed by atoms with Crippen LogP contribution in [0.2, 0.25) is 0 Å². The van der Waals surface area contributed by atoms with Crippen LogP contribution < -0.4 is 129 Å². The number of nitrogens with two attached hydrogens (primary N) is 16. The molecule has 0 saturated heterocycles. The van der Waals surface area contributed by atoms with Gasteiger partial charge in [0.25, 0.3) is 0 Å². The monoisotopic (exact) mass is 1310 g/mol. The Labute approximate surface area is 535 Å². The number of amides is 7. The number of nitrogens with one attached hydrogen (secondary N) is 7. The molecule has 39 N–H and O–H groups in total. The Bertz CT molecular complexity index is 2470. The summed E-state index contributed by atoms with van der Waals surface area (Å²) in [5.41, 5.74) is 90.3. The first-order chi connectivity index (χ1) is 43.0. The lowest BCUT2D eigenvalue weighted by Crippen LogP contribution is -2.58. The molecular weight excluding hydrogens is 1210 g/mol. The number of carbonyl (C=O) groups excluding carboxylic acids is 14. The molecule has 0 aromatic heterocycles. The Morgan fingerprint density at radius 1 is 0.239 bits per heavy atom. The van der Waals surface area contributed by atoms with Crippen molar-refractivity contribution in [2.45, 2.75) is 201 Å². The molecule has 0 spiro atoms. The van der Waals surface area contributed by atoms with Crippen LogP contribution in [0.15, 0.2) is 0 Å². The molecule has 0 saturated carbocycles. The van der Waals surface area contributed by atoms with Gasteiger partial charge in [0, 0.05) is 103 Å². The van der Waals surface area contributed by atoms with Crippen molar-refractivity contribution in [3.8, 4) is 0 Å². The minimum atomic E-state index is -1.72. The van der Waals surface area contributed by atoms with Gasteiger partial charge in [-0.2, -0.15) is 0 Å². The fraction of sp³-hybridized carbons (Fsp3) is 0.745. The van der Waals surface area contributed by atoms with Gasteiger partial charge in [-0.3, -0.25) is 67.1 Å². The second kappa shape index (κ2) is 44.0. The predicted octanol–water partition coefficient (Wildman–Crippen LogP) is -12.8. The molecule has 15 unspecified atom stereocenters. The van der Waals surface area contributed by atoms with Crippen LogP contribution in [0.3, 0.4) is 0 Å². The van der Waals surface area contributed by atoms with Gasteiger partial charge in [0.1, 0.15) is 18.1 Å². The summed E-state index contributed by atoms with van der Waals surface area (Å²) in [6.07, 6.45) is -5.93. The van der Waals surface area contributed by atoms with Gasteiger partial charge < -0.3 is 129 Å². The number of hydrogen-bond acceptors (Lipinski definition) is 30. The minimum absolute atomic E-state index is 0.229. The quantitative estimate of drug-likeness (QED) is 0.0269. The van der Waals surface area contributed by atoms with Crippen LogP contribution in [0.1, 0.15) is 111 Å². The summed E-state index contributed by atoms with van der Waals surface area (Å²) >= 11 is 0. The summed E-state index contributed by atoms with van der Waals surface area (Å²) in [5.74, 6) is -11.2. The molecule has 37 heteroatoms. The van der Waals surface area contributed by atoms with E-state index >= 15 is 0 Å². The van der Waals surface area contributed by atoms with Crippen LogP contribution in [-0.2, 0) is 67.1 Å². The van der Waals surface area contributed by atoms with Crippen LogP contribution >= 0.6 is 0 Å². The van der Waals surface area contributed by atoms with E-state index in [0.717, 1.165) is 0 Å². The molecule has 37 nitrogen and oxygen atoms in total. The van der Waals surface area contributed by atoms with Gasteiger partial charge in [-0.25, -0.2) is 0 Å². The van der Waals surface area contributed by atoms with Crippen molar-refractivity contribution in [1.82, 2.24) is 37.2 Å². The van der Waals surface area contributed by atoms with Gasteiger partial charge in [0.15, 0.2) is 40.5 Å². The Kier molecular flexibility index (Phi) is 40.8. The van der Waals surface area contributed by atoms with Crippen molar-refractivity contribution in [2.75, 3.05) is 52.4 Å². The minimum Gasteiger partial charge on any atom is -0.351 e. The van der Waals surface area contributed by atoms with E-state index in [9.17, 15) is 67.1 Å². The fourth-order valence-corrected chi connectivity index (χ4v) is 8.63. The third kappa shape index (κ3) is 31.3. The molecule has 15 atom stereocenters. The molecule has 0 rings (SSSR count). The van der Waals surface area contributed by atoms with Gasteiger partial charge >= 0.3 is 0 Å². The molecule has 7 amide bonds. The molecule has 0 radical (unpaired) electrons. The zero-order chi connectivity index (χ0) is 70.7. The van der Waals surface area contributed by atoms with E-state index in [2.05, 4.69) is 37.2 Å². The van der Waals surface area contributed by atoms with E-state index in [1.807, 2.05) is 0 Å². The highest BCUT2D eigenvalue weighted by Crippen LogP contribution is 2.25. The van der Waals surface area contributed by atoms with Gasteiger partial charge in [0.05, 0.1) is 66.5 Å². The largest absolute Gasteiger partial charge is 0.351 e. The highest BCUT2D eigenvalue weighted by atomic mass is 16.2. The lowest BCUT2D eigenvalue weighted by Gasteiger charge is -2.34. The SMILES string of the molecule is CC(C)(C)C(CCC(=O)C(CCC(=O)C(CCC(=O)C(N)CN)NC(=O)C(N)CN)NC(=O)C(CCC(=O)C(N)CN)NC(=O)C(N)CN)NC(=O)C(CCC(=O)C(CCC(=O)C(N)CN)NC(=O)C(N)CN)NC(=O)C(CCC(=O)C(N)CN)NC(=O)C(N)CN. The number of hydrogen-bond donors (Lipinski definition) is 23. The number of Topliss-reactive ketones (excluding diaryl/α,β-unsaturated/α-hetero) is 7. The number of ketones is 7. The summed E-state index contributed by atoms with van der Waals surface area (Å²) in [4.78, 5) is 190. The van der Waals surface area contributed by atoms with Crippen molar-refractivity contribution in [3.05, 3.63) is 0 Å².